The van der Waals surface area contributed by atoms with Crippen molar-refractivity contribution in [3.8, 4) is 0 Å². The molecule has 24 heteroatoms. The molecule has 0 bridgehead atoms. The first kappa shape index (κ1) is 74.1. The lowest BCUT2D eigenvalue weighted by atomic mass is 9.74. The Hall–Kier alpha value is -9.61. The Labute approximate surface area is 541 Å². The molecule has 6 aliphatic rings. The van der Waals surface area contributed by atoms with Gasteiger partial charge >= 0.3 is 35.8 Å². The Morgan fingerprint density at radius 1 is 0.473 bits per heavy atom. The number of hydrogen-bond acceptors (Lipinski definition) is 18. The molecule has 0 aromatic heterocycles. The standard InChI is InChI=1S/C22H24N2O6.C20H22N2O6.C19H20N2O6.C5H10.C3H8/c1-5-6-7-16-13(4)18-17(12(2)3)20(25)23(18)19(16)22(27)30-21(26)14-8-10-15(11-9-14)24(28)29;1-5-14-11(4)16-15(10(2)3)18(23)21(16)17(14)20(25)28-19(24)12-6-8-13(9-7-12)22(26)27;1-9(2)14-15-10(3)11(4)16(20(15)17(14)22)19(24)27-18(23)12-5-7-13(8-6-12)21(25)26;1-3-5-4-2;1-3-2/h6-13,17-18H,5H2,1-4H3;6-11,15-16H,5H2,1-4H3;5-10,14-15H,1-4H3;3,5H,4H2,1-2H3;3H2,1-2H3/b7-6+;;;5-3+;/t13-,17+,18+;11-,15+,16+;10-,14+,15+;;/m000../s1. The monoisotopic (exact) mass is 1280 g/mol. The van der Waals surface area contributed by atoms with Crippen LogP contribution in [0.15, 0.2) is 131 Å². The first-order chi connectivity index (χ1) is 43.8. The summed E-state index contributed by atoms with van der Waals surface area (Å²) in [6, 6.07) is 14.0. The molecule has 24 nitrogen and oxygen atoms in total. The van der Waals surface area contributed by atoms with Crippen molar-refractivity contribution < 1.29 is 72.1 Å². The number of esters is 6. The zero-order valence-corrected chi connectivity index (χ0v) is 55.5. The Morgan fingerprint density at radius 2 is 0.774 bits per heavy atom. The third kappa shape index (κ3) is 15.7. The lowest BCUT2D eigenvalue weighted by molar-refractivity contribution is -0.385. The lowest BCUT2D eigenvalue weighted by Crippen LogP contribution is -2.62. The smallest absolute Gasteiger partial charge is 0.363 e. The van der Waals surface area contributed by atoms with Crippen molar-refractivity contribution in [1.82, 2.24) is 14.7 Å². The molecular formula is C69H84N6O18. The number of allylic oxidation sites excluding steroid dienone is 4. The molecule has 0 N–H and O–H groups in total. The summed E-state index contributed by atoms with van der Waals surface area (Å²) in [5.74, 6) is -5.82. The summed E-state index contributed by atoms with van der Waals surface area (Å²) in [5, 5.41) is 32.1. The van der Waals surface area contributed by atoms with Crippen LogP contribution in [0.3, 0.4) is 0 Å². The van der Waals surface area contributed by atoms with Gasteiger partial charge in [0, 0.05) is 54.2 Å². The second kappa shape index (κ2) is 32.1. The fourth-order valence-corrected chi connectivity index (χ4v) is 12.4. The van der Waals surface area contributed by atoms with Crippen LogP contribution in [-0.2, 0) is 43.0 Å². The van der Waals surface area contributed by atoms with E-state index in [1.54, 1.807) is 6.92 Å². The van der Waals surface area contributed by atoms with Gasteiger partial charge in [-0.15, -0.1) is 0 Å². The van der Waals surface area contributed by atoms with Gasteiger partial charge in [0.05, 0.1) is 67.3 Å². The second-order valence-corrected chi connectivity index (χ2v) is 24.3. The van der Waals surface area contributed by atoms with Crippen molar-refractivity contribution >= 4 is 70.6 Å². The number of nitro groups is 3. The van der Waals surface area contributed by atoms with Gasteiger partial charge in [0.2, 0.25) is 17.7 Å². The molecule has 0 unspecified atom stereocenters. The minimum absolute atomic E-state index is 0.00660. The molecule has 9 atom stereocenters. The number of nitro benzene ring substituents is 3. The van der Waals surface area contributed by atoms with E-state index in [0.717, 1.165) is 60.4 Å². The molecule has 3 amide bonds. The summed E-state index contributed by atoms with van der Waals surface area (Å²) in [6.45, 7) is 31.8. The van der Waals surface area contributed by atoms with Crippen LogP contribution in [0.1, 0.15) is 168 Å². The van der Waals surface area contributed by atoms with Crippen molar-refractivity contribution in [3.05, 3.63) is 178 Å². The Balaban J connectivity index is 0.000000239. The van der Waals surface area contributed by atoms with Gasteiger partial charge in [-0.1, -0.05) is 128 Å². The number of amides is 3. The Kier molecular flexibility index (Phi) is 25.6. The van der Waals surface area contributed by atoms with E-state index in [2.05, 4.69) is 32.9 Å². The number of carbonyl (C=O) groups excluding carboxylic acids is 9. The highest BCUT2D eigenvalue weighted by Gasteiger charge is 2.61. The summed E-state index contributed by atoms with van der Waals surface area (Å²) >= 11 is 0. The number of β-lactam (4-membered cyclic amide) rings is 3. The fourth-order valence-electron chi connectivity index (χ4n) is 12.4. The highest BCUT2D eigenvalue weighted by atomic mass is 16.6. The number of hydrogen-bond donors (Lipinski definition) is 0. The quantitative estimate of drug-likeness (QED) is 0.0245. The molecule has 3 fully saturated rings. The first-order valence-corrected chi connectivity index (χ1v) is 31.3. The van der Waals surface area contributed by atoms with Gasteiger partial charge in [-0.05, 0) is 104 Å². The molecule has 0 saturated carbocycles. The summed E-state index contributed by atoms with van der Waals surface area (Å²) in [4.78, 5) is 148. The van der Waals surface area contributed by atoms with Crippen molar-refractivity contribution in [2.45, 2.75) is 155 Å². The lowest BCUT2D eigenvalue weighted by Gasteiger charge is -2.47. The molecule has 6 aliphatic heterocycles. The Bertz CT molecular complexity index is 3560. The van der Waals surface area contributed by atoms with Gasteiger partial charge in [-0.25, -0.2) is 28.8 Å². The summed E-state index contributed by atoms with van der Waals surface area (Å²) in [7, 11) is 0. The highest BCUT2D eigenvalue weighted by Crippen LogP contribution is 2.52. The number of rotatable bonds is 16. The van der Waals surface area contributed by atoms with E-state index >= 15 is 0 Å². The van der Waals surface area contributed by atoms with E-state index in [0.29, 0.717) is 12.0 Å². The topological polar surface area (TPSA) is 320 Å². The van der Waals surface area contributed by atoms with Gasteiger partial charge in [-0.3, -0.25) is 44.7 Å². The van der Waals surface area contributed by atoms with E-state index in [1.807, 2.05) is 95.2 Å². The van der Waals surface area contributed by atoms with Gasteiger partial charge in [-0.2, -0.15) is 0 Å². The van der Waals surface area contributed by atoms with E-state index in [-0.39, 0.29) is 140 Å². The largest absolute Gasteiger partial charge is 0.385 e. The average Bonchev–Trinajstić information content (AvgIpc) is 1.59. The minimum atomic E-state index is -0.925. The molecule has 9 rings (SSSR count). The number of benzene rings is 3. The maximum Gasteiger partial charge on any atom is 0.363 e. The van der Waals surface area contributed by atoms with Crippen LogP contribution in [0.4, 0.5) is 17.1 Å². The molecule has 93 heavy (non-hydrogen) atoms. The number of nitrogens with zero attached hydrogens (tertiary/aromatic N) is 6. The maximum atomic E-state index is 12.9. The van der Waals surface area contributed by atoms with Crippen LogP contribution < -0.4 is 0 Å². The molecular weight excluding hydrogens is 1200 g/mol. The molecule has 3 saturated heterocycles. The zero-order valence-electron chi connectivity index (χ0n) is 55.5. The number of non-ortho nitro benzene ring substituents is 3. The molecule has 3 aromatic carbocycles. The predicted molar refractivity (Wildman–Crippen MR) is 342 cm³/mol. The van der Waals surface area contributed by atoms with E-state index < -0.39 is 50.6 Å². The third-order valence-corrected chi connectivity index (χ3v) is 17.1. The summed E-state index contributed by atoms with van der Waals surface area (Å²) < 4.78 is 15.0. The molecule has 0 aliphatic carbocycles. The van der Waals surface area contributed by atoms with Crippen LogP contribution in [0.5, 0.6) is 0 Å². The normalized spacial score (nSPS) is 22.2. The molecule has 0 spiro atoms. The fraction of sp³-hybridized carbons (Fsp3) is 0.464. The average molecular weight is 1290 g/mol. The van der Waals surface area contributed by atoms with Crippen LogP contribution in [0.2, 0.25) is 0 Å². The molecule has 0 radical (unpaired) electrons. The van der Waals surface area contributed by atoms with E-state index in [1.165, 1.54) is 57.5 Å². The summed E-state index contributed by atoms with van der Waals surface area (Å²) in [6.07, 6.45) is 11.6. The summed E-state index contributed by atoms with van der Waals surface area (Å²) in [5.41, 5.74) is 2.15. The number of fused-ring (bicyclic) bond motifs is 3. The van der Waals surface area contributed by atoms with Crippen molar-refractivity contribution in [2.24, 2.45) is 53.3 Å². The van der Waals surface area contributed by atoms with Gasteiger partial charge < -0.3 is 28.9 Å². The van der Waals surface area contributed by atoms with Gasteiger partial charge in [0.1, 0.15) is 17.1 Å². The van der Waals surface area contributed by atoms with Crippen LogP contribution in [-0.4, -0.2) is 101 Å². The van der Waals surface area contributed by atoms with Crippen LogP contribution in [0, 0.1) is 83.6 Å². The van der Waals surface area contributed by atoms with Gasteiger partial charge in [0.25, 0.3) is 17.1 Å². The van der Waals surface area contributed by atoms with Gasteiger partial charge in [0.15, 0.2) is 0 Å². The Morgan fingerprint density at radius 3 is 1.08 bits per heavy atom. The maximum absolute atomic E-state index is 12.9. The number of carbonyl (C=O) groups is 9. The number of ether oxygens (including phenoxy) is 3. The highest BCUT2D eigenvalue weighted by molar-refractivity contribution is 6.09. The predicted octanol–water partition coefficient (Wildman–Crippen LogP) is 12.8. The molecule has 3 aromatic rings. The van der Waals surface area contributed by atoms with Crippen molar-refractivity contribution in [3.63, 3.8) is 0 Å². The molecule has 498 valence electrons. The van der Waals surface area contributed by atoms with E-state index in [4.69, 9.17) is 14.2 Å². The van der Waals surface area contributed by atoms with Crippen LogP contribution >= 0.6 is 0 Å². The first-order valence-electron chi connectivity index (χ1n) is 31.3. The van der Waals surface area contributed by atoms with Crippen molar-refractivity contribution in [2.75, 3.05) is 0 Å². The zero-order chi connectivity index (χ0) is 69.8. The second-order valence-electron chi connectivity index (χ2n) is 24.3. The van der Waals surface area contributed by atoms with Crippen molar-refractivity contribution in [1.29, 1.82) is 0 Å². The van der Waals surface area contributed by atoms with E-state index in [9.17, 15) is 73.5 Å². The van der Waals surface area contributed by atoms with Crippen LogP contribution in [0.25, 0.3) is 0 Å². The SMILES string of the molecule is C/C=C/CC.CC/C=C/C1=C(C(=O)OC(=O)c2ccc([N+](=O)[O-])cc2)N2C(=O)[C@H](C(C)C)[C@H]2[C@H]1C.CC1=C(C(=O)OC(=O)c2ccc([N+](=O)[O-])cc2)N2C(=O)[C@H](C(C)C)[C@H]2[C@H]1C.CCC.CCC1=C(C(=O)OC(=O)c2ccc([N+](=O)[O-])cc2)N2C(=O)[C@H](C(C)C)[C@H]2[C@H]1C. The molecule has 6 heterocycles. The minimum Gasteiger partial charge on any atom is -0.385 e. The third-order valence-electron chi connectivity index (χ3n) is 17.1.